The Balaban J connectivity index is 3.44. The fourth-order valence-corrected chi connectivity index (χ4v) is 1.54. The van der Waals surface area contributed by atoms with Crippen LogP contribution in [0.4, 0.5) is 0 Å². The van der Waals surface area contributed by atoms with E-state index in [-0.39, 0.29) is 0 Å². The van der Waals surface area contributed by atoms with Crippen molar-refractivity contribution in [3.05, 3.63) is 0 Å². The normalized spacial score (nSPS) is 11.6. The van der Waals surface area contributed by atoms with Gasteiger partial charge in [0.2, 0.25) is 0 Å². The van der Waals surface area contributed by atoms with Crippen molar-refractivity contribution in [2.24, 2.45) is 0 Å². The van der Waals surface area contributed by atoms with Crippen LogP contribution in [0.5, 0.6) is 0 Å². The van der Waals surface area contributed by atoms with Crippen LogP contribution in [0.15, 0.2) is 0 Å². The highest BCUT2D eigenvalue weighted by atomic mass is 16.5. The maximum absolute atomic E-state index is 5.11. The van der Waals surface area contributed by atoms with Crippen LogP contribution in [0.1, 0.15) is 20.3 Å². The molecule has 0 heterocycles. The Labute approximate surface area is 100 Å². The van der Waals surface area contributed by atoms with Gasteiger partial charge in [0, 0.05) is 33.4 Å². The molecule has 0 fully saturated rings. The van der Waals surface area contributed by atoms with Crippen molar-refractivity contribution in [2.75, 3.05) is 53.6 Å². The molecule has 0 atom stereocenters. The Kier molecular flexibility index (Phi) is 11.2. The molecule has 0 spiro atoms. The molecular weight excluding hydrogens is 204 g/mol. The molecule has 16 heavy (non-hydrogen) atoms. The molecule has 4 nitrogen and oxygen atoms in total. The highest BCUT2D eigenvalue weighted by Gasteiger charge is 2.07. The zero-order chi connectivity index (χ0) is 12.2. The van der Waals surface area contributed by atoms with E-state index in [0.717, 1.165) is 39.4 Å². The molecule has 0 radical (unpaired) electrons. The van der Waals surface area contributed by atoms with Gasteiger partial charge in [-0.3, -0.25) is 4.90 Å². The van der Waals surface area contributed by atoms with Crippen LogP contribution in [0.25, 0.3) is 0 Å². The third kappa shape index (κ3) is 9.09. The summed E-state index contributed by atoms with van der Waals surface area (Å²) in [6.07, 6.45) is 1.17. The van der Waals surface area contributed by atoms with Gasteiger partial charge >= 0.3 is 0 Å². The van der Waals surface area contributed by atoms with Gasteiger partial charge in [0.25, 0.3) is 0 Å². The second-order valence-electron chi connectivity index (χ2n) is 4.22. The third-order valence-corrected chi connectivity index (χ3v) is 2.59. The lowest BCUT2D eigenvalue weighted by Gasteiger charge is -2.26. The molecule has 0 bridgehead atoms. The number of hydrogen-bond donors (Lipinski definition) is 1. The summed E-state index contributed by atoms with van der Waals surface area (Å²) in [6.45, 7) is 10.2. The average molecular weight is 232 g/mol. The zero-order valence-electron chi connectivity index (χ0n) is 11.3. The van der Waals surface area contributed by atoms with Gasteiger partial charge < -0.3 is 14.8 Å². The second-order valence-corrected chi connectivity index (χ2v) is 4.22. The van der Waals surface area contributed by atoms with Crippen molar-refractivity contribution < 1.29 is 9.47 Å². The van der Waals surface area contributed by atoms with Crippen LogP contribution < -0.4 is 5.32 Å². The van der Waals surface area contributed by atoms with E-state index in [1.165, 1.54) is 6.42 Å². The Bertz CT molecular complexity index is 143. The monoisotopic (exact) mass is 232 g/mol. The molecule has 0 aromatic rings. The summed E-state index contributed by atoms with van der Waals surface area (Å²) in [7, 11) is 3.48. The minimum absolute atomic E-state index is 0.592. The summed E-state index contributed by atoms with van der Waals surface area (Å²) < 4.78 is 10.1. The Morgan fingerprint density at radius 1 is 1.00 bits per heavy atom. The van der Waals surface area contributed by atoms with Gasteiger partial charge in [0.15, 0.2) is 0 Å². The van der Waals surface area contributed by atoms with Crippen molar-refractivity contribution >= 4 is 0 Å². The van der Waals surface area contributed by atoms with Crippen LogP contribution in [-0.2, 0) is 9.47 Å². The Morgan fingerprint density at radius 3 is 2.25 bits per heavy atom. The van der Waals surface area contributed by atoms with Crippen molar-refractivity contribution in [2.45, 2.75) is 26.3 Å². The van der Waals surface area contributed by atoms with E-state index >= 15 is 0 Å². The molecule has 0 rings (SSSR count). The van der Waals surface area contributed by atoms with Gasteiger partial charge in [0.05, 0.1) is 13.2 Å². The summed E-state index contributed by atoms with van der Waals surface area (Å²) >= 11 is 0. The Hall–Kier alpha value is -0.160. The van der Waals surface area contributed by atoms with Crippen LogP contribution in [-0.4, -0.2) is 64.6 Å². The van der Waals surface area contributed by atoms with E-state index in [1.807, 2.05) is 0 Å². The molecule has 0 aliphatic heterocycles. The van der Waals surface area contributed by atoms with Gasteiger partial charge in [-0.05, 0) is 33.4 Å². The minimum Gasteiger partial charge on any atom is -0.383 e. The molecule has 0 aliphatic carbocycles. The number of rotatable bonds is 11. The molecule has 0 aromatic carbocycles. The molecule has 0 saturated carbocycles. The highest BCUT2D eigenvalue weighted by molar-refractivity contribution is 4.63. The highest BCUT2D eigenvalue weighted by Crippen LogP contribution is 1.98. The molecule has 0 aromatic heterocycles. The molecule has 0 unspecified atom stereocenters. The lowest BCUT2D eigenvalue weighted by atomic mass is 10.3. The molecule has 4 heteroatoms. The van der Waals surface area contributed by atoms with E-state index in [1.54, 1.807) is 14.2 Å². The first-order chi connectivity index (χ1) is 7.72. The smallest absolute Gasteiger partial charge is 0.0589 e. The predicted octanol–water partition coefficient (Wildman–Crippen LogP) is 0.969. The summed E-state index contributed by atoms with van der Waals surface area (Å²) in [5, 5.41) is 3.35. The molecule has 0 saturated heterocycles. The number of nitrogens with one attached hydrogen (secondary N) is 1. The molecule has 98 valence electrons. The maximum Gasteiger partial charge on any atom is 0.0589 e. The first-order valence-corrected chi connectivity index (χ1v) is 6.15. The van der Waals surface area contributed by atoms with Gasteiger partial charge in [0.1, 0.15) is 0 Å². The zero-order valence-corrected chi connectivity index (χ0v) is 11.3. The molecular formula is C12H28N2O2. The summed E-state index contributed by atoms with van der Waals surface area (Å²) in [5.41, 5.74) is 0. The standard InChI is InChI=1S/C12H28N2O2/c1-12(2)14(9-11-16-4)8-5-6-13-7-10-15-3/h12-13H,5-11H2,1-4H3. The van der Waals surface area contributed by atoms with Gasteiger partial charge in [-0.15, -0.1) is 0 Å². The SMILES string of the molecule is COCCNCCCN(CCOC)C(C)C. The number of hydrogen-bond acceptors (Lipinski definition) is 4. The van der Waals surface area contributed by atoms with Crippen LogP contribution in [0.3, 0.4) is 0 Å². The largest absolute Gasteiger partial charge is 0.383 e. The first-order valence-electron chi connectivity index (χ1n) is 6.15. The fraction of sp³-hybridized carbons (Fsp3) is 1.00. The van der Waals surface area contributed by atoms with Crippen molar-refractivity contribution in [1.82, 2.24) is 10.2 Å². The number of methoxy groups -OCH3 is 2. The summed E-state index contributed by atoms with van der Waals surface area (Å²) in [4.78, 5) is 2.45. The van der Waals surface area contributed by atoms with Crippen molar-refractivity contribution in [1.29, 1.82) is 0 Å². The Morgan fingerprint density at radius 2 is 1.69 bits per heavy atom. The van der Waals surface area contributed by atoms with E-state index in [0.29, 0.717) is 6.04 Å². The van der Waals surface area contributed by atoms with E-state index in [4.69, 9.17) is 9.47 Å². The second kappa shape index (κ2) is 11.3. The van der Waals surface area contributed by atoms with Gasteiger partial charge in [-0.1, -0.05) is 0 Å². The summed E-state index contributed by atoms with van der Waals surface area (Å²) in [6, 6.07) is 0.592. The molecule has 0 amide bonds. The quantitative estimate of drug-likeness (QED) is 0.538. The average Bonchev–Trinajstić information content (AvgIpc) is 2.26. The van der Waals surface area contributed by atoms with E-state index in [9.17, 15) is 0 Å². The fourth-order valence-electron chi connectivity index (χ4n) is 1.54. The molecule has 0 aliphatic rings. The summed E-state index contributed by atoms with van der Waals surface area (Å²) in [5.74, 6) is 0. The van der Waals surface area contributed by atoms with E-state index < -0.39 is 0 Å². The number of ether oxygens (including phenoxy) is 2. The molecule has 1 N–H and O–H groups in total. The number of nitrogens with zero attached hydrogens (tertiary/aromatic N) is 1. The maximum atomic E-state index is 5.11. The topological polar surface area (TPSA) is 33.7 Å². The van der Waals surface area contributed by atoms with Crippen LogP contribution >= 0.6 is 0 Å². The first kappa shape index (κ1) is 15.8. The van der Waals surface area contributed by atoms with Gasteiger partial charge in [-0.2, -0.15) is 0 Å². The van der Waals surface area contributed by atoms with Crippen molar-refractivity contribution in [3.63, 3.8) is 0 Å². The predicted molar refractivity (Wildman–Crippen MR) is 67.9 cm³/mol. The van der Waals surface area contributed by atoms with Gasteiger partial charge in [-0.25, -0.2) is 0 Å². The van der Waals surface area contributed by atoms with Crippen LogP contribution in [0.2, 0.25) is 0 Å². The lowest BCUT2D eigenvalue weighted by molar-refractivity contribution is 0.128. The third-order valence-electron chi connectivity index (χ3n) is 2.59. The van der Waals surface area contributed by atoms with Crippen molar-refractivity contribution in [3.8, 4) is 0 Å². The van der Waals surface area contributed by atoms with Crippen LogP contribution in [0, 0.1) is 0 Å². The lowest BCUT2D eigenvalue weighted by Crippen LogP contribution is -2.36. The minimum atomic E-state index is 0.592. The van der Waals surface area contributed by atoms with E-state index in [2.05, 4.69) is 24.1 Å².